The topological polar surface area (TPSA) is 82.8 Å². The van der Waals surface area contributed by atoms with Crippen LogP contribution in [0.5, 0.6) is 5.75 Å². The molecule has 7 heteroatoms. The number of hydrogen-bond acceptors (Lipinski definition) is 6. The SMILES string of the molecule is CCCCCCCCNOP(=O)(ON)Oc1ccccc1. The molecular formula is C14H25N2O4P. The summed E-state index contributed by atoms with van der Waals surface area (Å²) in [5.74, 6) is 5.37. The Labute approximate surface area is 126 Å². The molecule has 0 aliphatic carbocycles. The van der Waals surface area contributed by atoms with E-state index < -0.39 is 7.82 Å². The van der Waals surface area contributed by atoms with Crippen molar-refractivity contribution in [3.05, 3.63) is 30.3 Å². The van der Waals surface area contributed by atoms with E-state index in [0.717, 1.165) is 12.8 Å². The van der Waals surface area contributed by atoms with E-state index in [1.54, 1.807) is 24.3 Å². The van der Waals surface area contributed by atoms with Crippen molar-refractivity contribution in [2.75, 3.05) is 6.54 Å². The highest BCUT2D eigenvalue weighted by Crippen LogP contribution is 2.46. The number of nitrogens with one attached hydrogen (secondary N) is 1. The van der Waals surface area contributed by atoms with Gasteiger partial charge in [0, 0.05) is 6.54 Å². The van der Waals surface area contributed by atoms with Crippen LogP contribution in [0, 0.1) is 0 Å². The van der Waals surface area contributed by atoms with E-state index >= 15 is 0 Å². The fourth-order valence-electron chi connectivity index (χ4n) is 1.77. The van der Waals surface area contributed by atoms with Crippen molar-refractivity contribution in [2.45, 2.75) is 45.4 Å². The van der Waals surface area contributed by atoms with Crippen LogP contribution in [-0.4, -0.2) is 6.54 Å². The molecule has 1 rings (SSSR count). The van der Waals surface area contributed by atoms with Gasteiger partial charge in [-0.3, -0.25) is 0 Å². The fourth-order valence-corrected chi connectivity index (χ4v) is 2.53. The minimum atomic E-state index is -3.82. The maximum absolute atomic E-state index is 12.1. The van der Waals surface area contributed by atoms with E-state index in [1.165, 1.54) is 25.7 Å². The van der Waals surface area contributed by atoms with Gasteiger partial charge in [0.05, 0.1) is 0 Å². The molecule has 3 N–H and O–H groups in total. The number of phosphoric acid groups is 1. The Balaban J connectivity index is 2.20. The van der Waals surface area contributed by atoms with Crippen molar-refractivity contribution >= 4 is 7.82 Å². The van der Waals surface area contributed by atoms with E-state index in [0.29, 0.717) is 12.3 Å². The average molecular weight is 316 g/mol. The van der Waals surface area contributed by atoms with Crippen LogP contribution < -0.4 is 15.9 Å². The molecule has 0 saturated heterocycles. The molecule has 0 aliphatic rings. The third-order valence-corrected chi connectivity index (χ3v) is 3.94. The molecule has 0 fully saturated rings. The number of hydrogen-bond donors (Lipinski definition) is 2. The third-order valence-electron chi connectivity index (χ3n) is 2.90. The van der Waals surface area contributed by atoms with Gasteiger partial charge in [-0.25, -0.2) is 10.5 Å². The van der Waals surface area contributed by atoms with E-state index in [4.69, 9.17) is 15.0 Å². The average Bonchev–Trinajstić information content (AvgIpc) is 2.51. The Bertz CT molecular complexity index is 417. The first kappa shape index (κ1) is 18.1. The van der Waals surface area contributed by atoms with Crippen LogP contribution in [0.25, 0.3) is 0 Å². The van der Waals surface area contributed by atoms with Crippen LogP contribution >= 0.6 is 7.82 Å². The molecule has 0 aromatic heterocycles. The van der Waals surface area contributed by atoms with Crippen molar-refractivity contribution in [2.24, 2.45) is 5.90 Å². The maximum Gasteiger partial charge on any atom is 0.563 e. The van der Waals surface area contributed by atoms with Gasteiger partial charge in [-0.1, -0.05) is 57.2 Å². The summed E-state index contributed by atoms with van der Waals surface area (Å²) in [6, 6.07) is 8.60. The van der Waals surface area contributed by atoms with E-state index in [1.807, 2.05) is 6.07 Å². The summed E-state index contributed by atoms with van der Waals surface area (Å²) >= 11 is 0. The van der Waals surface area contributed by atoms with Gasteiger partial charge in [0.15, 0.2) is 0 Å². The van der Waals surface area contributed by atoms with Crippen molar-refractivity contribution < 1.29 is 18.3 Å². The number of para-hydroxylation sites is 1. The summed E-state index contributed by atoms with van der Waals surface area (Å²) in [5.41, 5.74) is 2.59. The van der Waals surface area contributed by atoms with Crippen LogP contribution in [-0.2, 0) is 13.8 Å². The van der Waals surface area contributed by atoms with Crippen LogP contribution in [0.15, 0.2) is 30.3 Å². The summed E-state index contributed by atoms with van der Waals surface area (Å²) in [6.07, 6.45) is 6.98. The summed E-state index contributed by atoms with van der Waals surface area (Å²) in [6.45, 7) is 2.75. The molecule has 0 amide bonds. The normalized spacial score (nSPS) is 13.8. The lowest BCUT2D eigenvalue weighted by Gasteiger charge is -2.15. The van der Waals surface area contributed by atoms with Crippen molar-refractivity contribution in [1.29, 1.82) is 0 Å². The monoisotopic (exact) mass is 316 g/mol. The minimum Gasteiger partial charge on any atom is -0.402 e. The standard InChI is InChI=1S/C14H25N2O4P/c1-2-3-4-5-6-10-13-16-20-21(17,19-15)18-14-11-8-7-9-12-14/h7-9,11-12,16H,2-6,10,13,15H2,1H3. The first-order valence-corrected chi connectivity index (χ1v) is 8.81. The second-order valence-electron chi connectivity index (χ2n) is 4.71. The summed E-state index contributed by atoms with van der Waals surface area (Å²) in [7, 11) is -3.82. The highest BCUT2D eigenvalue weighted by molar-refractivity contribution is 7.48. The molecule has 0 saturated carbocycles. The molecule has 21 heavy (non-hydrogen) atoms. The smallest absolute Gasteiger partial charge is 0.402 e. The van der Waals surface area contributed by atoms with Crippen LogP contribution in [0.1, 0.15) is 45.4 Å². The van der Waals surface area contributed by atoms with Crippen molar-refractivity contribution in [3.63, 3.8) is 0 Å². The number of benzene rings is 1. The van der Waals surface area contributed by atoms with E-state index in [-0.39, 0.29) is 0 Å². The Morgan fingerprint density at radius 3 is 2.43 bits per heavy atom. The van der Waals surface area contributed by atoms with Gasteiger partial charge in [0.2, 0.25) is 0 Å². The summed E-state index contributed by atoms with van der Waals surface area (Å²) in [5, 5.41) is 0. The largest absolute Gasteiger partial charge is 0.563 e. The van der Waals surface area contributed by atoms with Gasteiger partial charge in [0.25, 0.3) is 0 Å². The Kier molecular flexibility index (Phi) is 9.30. The van der Waals surface area contributed by atoms with Crippen molar-refractivity contribution in [3.8, 4) is 5.75 Å². The maximum atomic E-state index is 12.1. The van der Waals surface area contributed by atoms with Gasteiger partial charge in [0.1, 0.15) is 5.75 Å². The molecular weight excluding hydrogens is 291 g/mol. The Hall–Kier alpha value is -0.910. The predicted molar refractivity (Wildman–Crippen MR) is 82.4 cm³/mol. The molecule has 0 spiro atoms. The molecule has 0 heterocycles. The van der Waals surface area contributed by atoms with E-state index in [9.17, 15) is 4.57 Å². The third kappa shape index (κ3) is 8.19. The molecule has 120 valence electrons. The summed E-state index contributed by atoms with van der Waals surface area (Å²) < 4.78 is 26.5. The molecule has 1 unspecified atom stereocenters. The molecule has 1 aromatic rings. The minimum absolute atomic E-state index is 0.368. The van der Waals surface area contributed by atoms with Gasteiger partial charge in [-0.2, -0.15) is 14.7 Å². The van der Waals surface area contributed by atoms with Crippen LogP contribution in [0.3, 0.4) is 0 Å². The molecule has 0 aliphatic heterocycles. The van der Waals surface area contributed by atoms with Crippen LogP contribution in [0.2, 0.25) is 0 Å². The molecule has 0 bridgehead atoms. The number of hydroxylamine groups is 1. The lowest BCUT2D eigenvalue weighted by Crippen LogP contribution is -2.18. The highest BCUT2D eigenvalue weighted by atomic mass is 31.2. The van der Waals surface area contributed by atoms with Gasteiger partial charge in [-0.05, 0) is 18.6 Å². The number of nitrogens with two attached hydrogens (primary N) is 1. The van der Waals surface area contributed by atoms with Crippen molar-refractivity contribution in [1.82, 2.24) is 5.48 Å². The zero-order valence-electron chi connectivity index (χ0n) is 12.5. The first-order chi connectivity index (χ1) is 10.2. The molecule has 1 aromatic carbocycles. The quantitative estimate of drug-likeness (QED) is 0.345. The lowest BCUT2D eigenvalue weighted by molar-refractivity contribution is 0.101. The Morgan fingerprint density at radius 2 is 1.76 bits per heavy atom. The van der Waals surface area contributed by atoms with E-state index in [2.05, 4.69) is 17.0 Å². The molecule has 0 radical (unpaired) electrons. The van der Waals surface area contributed by atoms with Gasteiger partial charge < -0.3 is 4.52 Å². The predicted octanol–water partition coefficient (Wildman–Crippen LogP) is 3.95. The summed E-state index contributed by atoms with van der Waals surface area (Å²) in [4.78, 5) is 0. The second kappa shape index (κ2) is 10.8. The molecule has 6 nitrogen and oxygen atoms in total. The highest BCUT2D eigenvalue weighted by Gasteiger charge is 2.28. The Morgan fingerprint density at radius 1 is 1.10 bits per heavy atom. The van der Waals surface area contributed by atoms with Gasteiger partial charge >= 0.3 is 7.82 Å². The van der Waals surface area contributed by atoms with Crippen LogP contribution in [0.4, 0.5) is 0 Å². The first-order valence-electron chi connectivity index (χ1n) is 7.35. The number of unbranched alkanes of at least 4 members (excludes halogenated alkanes) is 5. The number of rotatable bonds is 12. The molecule has 1 atom stereocenters. The second-order valence-corrected chi connectivity index (χ2v) is 6.18. The zero-order chi connectivity index (χ0) is 15.4. The lowest BCUT2D eigenvalue weighted by atomic mass is 10.1. The zero-order valence-corrected chi connectivity index (χ0v) is 13.4. The van der Waals surface area contributed by atoms with Gasteiger partial charge in [-0.15, -0.1) is 0 Å². The fraction of sp³-hybridized carbons (Fsp3) is 0.571.